The summed E-state index contributed by atoms with van der Waals surface area (Å²) in [5.41, 5.74) is 4.41. The maximum atomic E-state index is 13.0. The van der Waals surface area contributed by atoms with Crippen molar-refractivity contribution in [3.8, 4) is 0 Å². The van der Waals surface area contributed by atoms with Crippen molar-refractivity contribution < 1.29 is 9.90 Å². The number of fused-ring (bicyclic) bond motifs is 1. The van der Waals surface area contributed by atoms with Crippen molar-refractivity contribution in [1.29, 1.82) is 0 Å². The summed E-state index contributed by atoms with van der Waals surface area (Å²) in [6, 6.07) is 15.4. The largest absolute Gasteiger partial charge is 0.396 e. The van der Waals surface area contributed by atoms with Crippen molar-refractivity contribution in [2.45, 2.75) is 26.2 Å². The highest BCUT2D eigenvalue weighted by atomic mass is 16.3. The van der Waals surface area contributed by atoms with Gasteiger partial charge in [0.05, 0.1) is 5.56 Å². The Labute approximate surface area is 136 Å². The Bertz CT molecular complexity index is 833. The highest BCUT2D eigenvalue weighted by Gasteiger charge is 2.21. The molecule has 1 atom stereocenters. The molecular weight excluding hydrogens is 286 g/mol. The Morgan fingerprint density at radius 2 is 1.87 bits per heavy atom. The highest BCUT2D eigenvalue weighted by Crippen LogP contribution is 2.33. The lowest BCUT2D eigenvalue weighted by Gasteiger charge is -2.13. The van der Waals surface area contributed by atoms with Crippen LogP contribution in [0.4, 0.5) is 0 Å². The predicted molar refractivity (Wildman–Crippen MR) is 93.0 cm³/mol. The molecule has 3 nitrogen and oxygen atoms in total. The van der Waals surface area contributed by atoms with E-state index < -0.39 is 0 Å². The van der Waals surface area contributed by atoms with Gasteiger partial charge in [-0.15, -0.1) is 0 Å². The van der Waals surface area contributed by atoms with Crippen molar-refractivity contribution in [2.75, 3.05) is 6.61 Å². The summed E-state index contributed by atoms with van der Waals surface area (Å²) in [6.07, 6.45) is 0.683. The quantitative estimate of drug-likeness (QED) is 0.694. The highest BCUT2D eigenvalue weighted by molar-refractivity contribution is 6.18. The lowest BCUT2D eigenvalue weighted by molar-refractivity contribution is 0.103. The number of H-pyrrole nitrogens is 1. The van der Waals surface area contributed by atoms with E-state index in [1.54, 1.807) is 0 Å². The second kappa shape index (κ2) is 6.39. The number of rotatable bonds is 5. The van der Waals surface area contributed by atoms with E-state index in [0.29, 0.717) is 12.0 Å². The van der Waals surface area contributed by atoms with Crippen molar-refractivity contribution in [1.82, 2.24) is 4.98 Å². The molecule has 2 N–H and O–H groups in total. The molecule has 1 aromatic heterocycles. The molecule has 0 saturated heterocycles. The Hall–Kier alpha value is -2.39. The number of carbonyl (C=O) groups excluding carboxylic acids is 1. The minimum atomic E-state index is 0.0398. The smallest absolute Gasteiger partial charge is 0.195 e. The summed E-state index contributed by atoms with van der Waals surface area (Å²) in [7, 11) is 0. The number of benzene rings is 2. The summed E-state index contributed by atoms with van der Waals surface area (Å²) in [5.74, 6) is 0.235. The van der Waals surface area contributed by atoms with Gasteiger partial charge in [0.25, 0.3) is 0 Å². The standard InChI is InChI=1S/C20H21NO2/c1-13(11-12-22)16-9-6-10-17-19(16)18(14(2)21-17)20(23)15-7-4-3-5-8-15/h3-10,13,21-22H,11-12H2,1-2H3. The van der Waals surface area contributed by atoms with Gasteiger partial charge in [0.2, 0.25) is 0 Å². The fourth-order valence-electron chi connectivity index (χ4n) is 3.18. The van der Waals surface area contributed by atoms with Gasteiger partial charge in [0, 0.05) is 28.8 Å². The van der Waals surface area contributed by atoms with Crippen LogP contribution >= 0.6 is 0 Å². The molecule has 0 fully saturated rings. The number of aryl methyl sites for hydroxylation is 1. The topological polar surface area (TPSA) is 53.1 Å². The first-order valence-corrected chi connectivity index (χ1v) is 7.95. The van der Waals surface area contributed by atoms with Crippen LogP contribution in [0, 0.1) is 6.92 Å². The average molecular weight is 307 g/mol. The van der Waals surface area contributed by atoms with E-state index in [2.05, 4.69) is 18.0 Å². The molecule has 3 rings (SSSR count). The minimum absolute atomic E-state index is 0.0398. The summed E-state index contributed by atoms with van der Waals surface area (Å²) in [4.78, 5) is 16.3. The van der Waals surface area contributed by atoms with Crippen LogP contribution in [0.5, 0.6) is 0 Å². The van der Waals surface area contributed by atoms with E-state index in [9.17, 15) is 9.90 Å². The fraction of sp³-hybridized carbons (Fsp3) is 0.250. The normalized spacial score (nSPS) is 12.5. The van der Waals surface area contributed by atoms with Crippen LogP contribution in [0.15, 0.2) is 48.5 Å². The number of carbonyl (C=O) groups is 1. The molecule has 0 aliphatic carbocycles. The van der Waals surface area contributed by atoms with Crippen molar-refractivity contribution in [3.05, 3.63) is 70.9 Å². The summed E-state index contributed by atoms with van der Waals surface area (Å²) in [6.45, 7) is 4.17. The molecule has 2 aromatic carbocycles. The molecule has 0 saturated carbocycles. The van der Waals surface area contributed by atoms with Gasteiger partial charge in [-0.2, -0.15) is 0 Å². The number of aromatic nitrogens is 1. The van der Waals surface area contributed by atoms with E-state index >= 15 is 0 Å². The maximum Gasteiger partial charge on any atom is 0.195 e. The van der Waals surface area contributed by atoms with Crippen LogP contribution < -0.4 is 0 Å². The van der Waals surface area contributed by atoms with E-state index in [4.69, 9.17) is 0 Å². The molecule has 3 aromatic rings. The average Bonchev–Trinajstić information content (AvgIpc) is 2.91. The van der Waals surface area contributed by atoms with Crippen molar-refractivity contribution >= 4 is 16.7 Å². The van der Waals surface area contributed by atoms with Crippen LogP contribution in [0.3, 0.4) is 0 Å². The van der Waals surface area contributed by atoms with E-state index in [-0.39, 0.29) is 18.3 Å². The molecule has 1 unspecified atom stereocenters. The predicted octanol–water partition coefficient (Wildman–Crippen LogP) is 4.19. The van der Waals surface area contributed by atoms with Crippen LogP contribution in [0.25, 0.3) is 10.9 Å². The molecule has 0 radical (unpaired) electrons. The lowest BCUT2D eigenvalue weighted by Crippen LogP contribution is -2.04. The minimum Gasteiger partial charge on any atom is -0.396 e. The first-order chi connectivity index (χ1) is 11.1. The van der Waals surface area contributed by atoms with Gasteiger partial charge in [-0.1, -0.05) is 49.4 Å². The van der Waals surface area contributed by atoms with Gasteiger partial charge in [-0.3, -0.25) is 4.79 Å². The number of aliphatic hydroxyl groups is 1. The van der Waals surface area contributed by atoms with E-state index in [1.807, 2.05) is 49.4 Å². The van der Waals surface area contributed by atoms with Gasteiger partial charge in [-0.05, 0) is 30.9 Å². The maximum absolute atomic E-state index is 13.0. The first-order valence-electron chi connectivity index (χ1n) is 7.95. The first kappa shape index (κ1) is 15.5. The monoisotopic (exact) mass is 307 g/mol. The molecule has 0 spiro atoms. The van der Waals surface area contributed by atoms with Crippen LogP contribution in [-0.4, -0.2) is 22.5 Å². The Morgan fingerprint density at radius 3 is 2.57 bits per heavy atom. The van der Waals surface area contributed by atoms with Crippen LogP contribution in [-0.2, 0) is 0 Å². The molecule has 0 aliphatic heterocycles. The number of ketones is 1. The molecule has 0 bridgehead atoms. The Kier molecular flexibility index (Phi) is 4.30. The van der Waals surface area contributed by atoms with Gasteiger partial charge in [0.1, 0.15) is 0 Å². The Balaban J connectivity index is 2.20. The van der Waals surface area contributed by atoms with Crippen LogP contribution in [0.1, 0.15) is 46.4 Å². The molecule has 0 amide bonds. The number of aromatic amines is 1. The van der Waals surface area contributed by atoms with Gasteiger partial charge >= 0.3 is 0 Å². The van der Waals surface area contributed by atoms with E-state index in [1.165, 1.54) is 0 Å². The second-order valence-electron chi connectivity index (χ2n) is 6.00. The molecule has 118 valence electrons. The molecule has 3 heteroatoms. The number of aliphatic hydroxyl groups excluding tert-OH is 1. The molecule has 23 heavy (non-hydrogen) atoms. The molecule has 0 aliphatic rings. The van der Waals surface area contributed by atoms with Gasteiger partial charge < -0.3 is 10.1 Å². The van der Waals surface area contributed by atoms with Crippen molar-refractivity contribution in [3.63, 3.8) is 0 Å². The number of hydrogen-bond acceptors (Lipinski definition) is 2. The lowest BCUT2D eigenvalue weighted by atomic mass is 9.90. The number of nitrogens with one attached hydrogen (secondary N) is 1. The SMILES string of the molecule is Cc1[nH]c2cccc(C(C)CCO)c2c1C(=O)c1ccccc1. The summed E-state index contributed by atoms with van der Waals surface area (Å²) >= 11 is 0. The second-order valence-corrected chi connectivity index (χ2v) is 6.00. The zero-order valence-electron chi connectivity index (χ0n) is 13.5. The van der Waals surface area contributed by atoms with Crippen molar-refractivity contribution in [2.24, 2.45) is 0 Å². The summed E-state index contributed by atoms with van der Waals surface area (Å²) in [5, 5.41) is 10.2. The third-order valence-electron chi connectivity index (χ3n) is 4.40. The summed E-state index contributed by atoms with van der Waals surface area (Å²) < 4.78 is 0. The zero-order valence-corrected chi connectivity index (χ0v) is 13.5. The van der Waals surface area contributed by atoms with Gasteiger partial charge in [0.15, 0.2) is 5.78 Å². The fourth-order valence-corrected chi connectivity index (χ4v) is 3.18. The van der Waals surface area contributed by atoms with Gasteiger partial charge in [-0.25, -0.2) is 0 Å². The zero-order chi connectivity index (χ0) is 16.4. The third kappa shape index (κ3) is 2.80. The molecule has 1 heterocycles. The third-order valence-corrected chi connectivity index (χ3v) is 4.40. The van der Waals surface area contributed by atoms with E-state index in [0.717, 1.165) is 27.7 Å². The van der Waals surface area contributed by atoms with Crippen LogP contribution in [0.2, 0.25) is 0 Å². The number of hydrogen-bond donors (Lipinski definition) is 2. The Morgan fingerprint density at radius 1 is 1.13 bits per heavy atom. The molecular formula is C20H21NO2.